The van der Waals surface area contributed by atoms with E-state index in [0.29, 0.717) is 0 Å². The highest BCUT2D eigenvalue weighted by Gasteiger charge is 2.26. The normalized spacial score (nSPS) is 24.9. The highest BCUT2D eigenvalue weighted by molar-refractivity contribution is 5.48. The van der Waals surface area contributed by atoms with Gasteiger partial charge in [0.05, 0.1) is 13.2 Å². The standard InChI is InChI=1S/C21H34N4O/c1-22-10-12-25(13-11-22)21-6-8-24(9-7-21)20-4-2-19(3-5-20)18-23-14-16-26-17-15-23/h2-5,21H,6-18H2,1H3. The predicted molar refractivity (Wildman–Crippen MR) is 107 cm³/mol. The molecule has 3 aliphatic rings. The molecule has 3 fully saturated rings. The molecule has 0 radical (unpaired) electrons. The summed E-state index contributed by atoms with van der Waals surface area (Å²) in [4.78, 5) is 10.2. The van der Waals surface area contributed by atoms with Crippen LogP contribution in [0.2, 0.25) is 0 Å². The summed E-state index contributed by atoms with van der Waals surface area (Å²) in [6.45, 7) is 12.3. The first-order chi connectivity index (χ1) is 12.8. The van der Waals surface area contributed by atoms with Gasteiger partial charge in [-0.2, -0.15) is 0 Å². The molecule has 26 heavy (non-hydrogen) atoms. The summed E-state index contributed by atoms with van der Waals surface area (Å²) in [6, 6.07) is 10.1. The zero-order valence-corrected chi connectivity index (χ0v) is 16.3. The van der Waals surface area contributed by atoms with E-state index in [2.05, 4.69) is 50.9 Å². The highest BCUT2D eigenvalue weighted by Crippen LogP contribution is 2.24. The number of likely N-dealkylation sites (N-methyl/N-ethyl adjacent to an activating group) is 1. The van der Waals surface area contributed by atoms with Gasteiger partial charge in [0, 0.05) is 70.6 Å². The van der Waals surface area contributed by atoms with Crippen LogP contribution in [0.5, 0.6) is 0 Å². The molecule has 1 aromatic rings. The van der Waals surface area contributed by atoms with Crippen LogP contribution < -0.4 is 4.90 Å². The molecule has 3 aliphatic heterocycles. The molecule has 0 amide bonds. The van der Waals surface area contributed by atoms with Gasteiger partial charge in [-0.05, 0) is 37.6 Å². The molecule has 0 N–H and O–H groups in total. The summed E-state index contributed by atoms with van der Waals surface area (Å²) >= 11 is 0. The van der Waals surface area contributed by atoms with E-state index in [0.717, 1.165) is 38.9 Å². The highest BCUT2D eigenvalue weighted by atomic mass is 16.5. The van der Waals surface area contributed by atoms with Gasteiger partial charge in [0.2, 0.25) is 0 Å². The van der Waals surface area contributed by atoms with Crippen molar-refractivity contribution in [2.75, 3.05) is 77.5 Å². The SMILES string of the molecule is CN1CCN(C2CCN(c3ccc(CN4CCOCC4)cc3)CC2)CC1. The molecular formula is C21H34N4O. The predicted octanol–water partition coefficient (Wildman–Crippen LogP) is 1.74. The van der Waals surface area contributed by atoms with Crippen molar-refractivity contribution in [1.82, 2.24) is 14.7 Å². The number of benzene rings is 1. The van der Waals surface area contributed by atoms with Crippen LogP contribution in [0.3, 0.4) is 0 Å². The number of piperidine rings is 1. The molecule has 0 atom stereocenters. The summed E-state index contributed by atoms with van der Waals surface area (Å²) < 4.78 is 5.44. The summed E-state index contributed by atoms with van der Waals surface area (Å²) in [5.41, 5.74) is 2.82. The first-order valence-electron chi connectivity index (χ1n) is 10.3. The Bertz CT molecular complexity index is 542. The second-order valence-corrected chi connectivity index (χ2v) is 8.11. The molecule has 3 heterocycles. The minimum atomic E-state index is 0.792. The maximum absolute atomic E-state index is 5.44. The van der Waals surface area contributed by atoms with Crippen molar-refractivity contribution in [2.24, 2.45) is 0 Å². The summed E-state index contributed by atoms with van der Waals surface area (Å²) in [7, 11) is 2.24. The van der Waals surface area contributed by atoms with Crippen molar-refractivity contribution in [1.29, 1.82) is 0 Å². The number of morpholine rings is 1. The molecule has 0 unspecified atom stereocenters. The van der Waals surface area contributed by atoms with Crippen molar-refractivity contribution < 1.29 is 4.74 Å². The molecule has 4 rings (SSSR count). The largest absolute Gasteiger partial charge is 0.379 e. The van der Waals surface area contributed by atoms with Gasteiger partial charge in [0.25, 0.3) is 0 Å². The smallest absolute Gasteiger partial charge is 0.0594 e. The average Bonchev–Trinajstić information content (AvgIpc) is 2.70. The van der Waals surface area contributed by atoms with Crippen LogP contribution >= 0.6 is 0 Å². The lowest BCUT2D eigenvalue weighted by molar-refractivity contribution is 0.0342. The van der Waals surface area contributed by atoms with Gasteiger partial charge in [0.15, 0.2) is 0 Å². The molecule has 5 heteroatoms. The molecule has 0 saturated carbocycles. The van der Waals surface area contributed by atoms with Crippen LogP contribution in [-0.2, 0) is 11.3 Å². The third-order valence-corrected chi connectivity index (χ3v) is 6.33. The summed E-state index contributed by atoms with van der Waals surface area (Å²) in [5, 5.41) is 0. The number of nitrogens with zero attached hydrogens (tertiary/aromatic N) is 4. The fourth-order valence-electron chi connectivity index (χ4n) is 4.51. The van der Waals surface area contributed by atoms with E-state index in [-0.39, 0.29) is 0 Å². The Hall–Kier alpha value is -1.14. The van der Waals surface area contributed by atoms with E-state index in [1.54, 1.807) is 0 Å². The zero-order chi connectivity index (χ0) is 17.8. The third kappa shape index (κ3) is 4.58. The molecule has 5 nitrogen and oxygen atoms in total. The van der Waals surface area contributed by atoms with Gasteiger partial charge >= 0.3 is 0 Å². The maximum atomic E-state index is 5.44. The lowest BCUT2D eigenvalue weighted by Gasteiger charge is -2.42. The number of anilines is 1. The number of piperazine rings is 1. The fourth-order valence-corrected chi connectivity index (χ4v) is 4.51. The molecule has 0 aromatic heterocycles. The van der Waals surface area contributed by atoms with Crippen LogP contribution in [0.25, 0.3) is 0 Å². The van der Waals surface area contributed by atoms with Crippen LogP contribution in [0.1, 0.15) is 18.4 Å². The Morgan fingerprint density at radius 2 is 1.50 bits per heavy atom. The Labute approximate surface area is 158 Å². The van der Waals surface area contributed by atoms with E-state index < -0.39 is 0 Å². The maximum Gasteiger partial charge on any atom is 0.0594 e. The molecule has 1 aromatic carbocycles. The topological polar surface area (TPSA) is 22.2 Å². The molecular weight excluding hydrogens is 324 g/mol. The lowest BCUT2D eigenvalue weighted by atomic mass is 10.0. The van der Waals surface area contributed by atoms with Gasteiger partial charge in [0.1, 0.15) is 0 Å². The van der Waals surface area contributed by atoms with Gasteiger partial charge < -0.3 is 14.5 Å². The molecule has 0 bridgehead atoms. The van der Waals surface area contributed by atoms with Gasteiger partial charge in [-0.15, -0.1) is 0 Å². The third-order valence-electron chi connectivity index (χ3n) is 6.33. The van der Waals surface area contributed by atoms with Crippen molar-refractivity contribution in [2.45, 2.75) is 25.4 Å². The van der Waals surface area contributed by atoms with Gasteiger partial charge in [-0.3, -0.25) is 9.80 Å². The number of rotatable bonds is 4. The van der Waals surface area contributed by atoms with Crippen LogP contribution in [0, 0.1) is 0 Å². The van der Waals surface area contributed by atoms with Crippen molar-refractivity contribution in [3.63, 3.8) is 0 Å². The molecule has 144 valence electrons. The summed E-state index contributed by atoms with van der Waals surface area (Å²) in [6.07, 6.45) is 2.61. The summed E-state index contributed by atoms with van der Waals surface area (Å²) in [5.74, 6) is 0. The van der Waals surface area contributed by atoms with Crippen molar-refractivity contribution in [3.05, 3.63) is 29.8 Å². The number of hydrogen-bond acceptors (Lipinski definition) is 5. The monoisotopic (exact) mass is 358 g/mol. The molecule has 0 spiro atoms. The van der Waals surface area contributed by atoms with E-state index in [9.17, 15) is 0 Å². The lowest BCUT2D eigenvalue weighted by Crippen LogP contribution is -2.52. The first kappa shape index (κ1) is 18.2. The van der Waals surface area contributed by atoms with Crippen LogP contribution in [-0.4, -0.2) is 93.4 Å². The number of ether oxygens (including phenoxy) is 1. The van der Waals surface area contributed by atoms with E-state index in [4.69, 9.17) is 4.74 Å². The Morgan fingerprint density at radius 3 is 2.15 bits per heavy atom. The van der Waals surface area contributed by atoms with Crippen LogP contribution in [0.4, 0.5) is 5.69 Å². The van der Waals surface area contributed by atoms with Gasteiger partial charge in [-0.1, -0.05) is 12.1 Å². The van der Waals surface area contributed by atoms with E-state index >= 15 is 0 Å². The van der Waals surface area contributed by atoms with Crippen molar-refractivity contribution >= 4 is 5.69 Å². The second kappa shape index (κ2) is 8.70. The van der Waals surface area contributed by atoms with Crippen LogP contribution in [0.15, 0.2) is 24.3 Å². The fraction of sp³-hybridized carbons (Fsp3) is 0.714. The Kier molecular flexibility index (Phi) is 6.10. The van der Waals surface area contributed by atoms with E-state index in [1.807, 2.05) is 0 Å². The van der Waals surface area contributed by atoms with E-state index in [1.165, 1.54) is 63.4 Å². The zero-order valence-electron chi connectivity index (χ0n) is 16.3. The van der Waals surface area contributed by atoms with Gasteiger partial charge in [-0.25, -0.2) is 0 Å². The molecule has 0 aliphatic carbocycles. The number of hydrogen-bond donors (Lipinski definition) is 0. The Balaban J connectivity index is 1.26. The van der Waals surface area contributed by atoms with Crippen molar-refractivity contribution in [3.8, 4) is 0 Å². The average molecular weight is 359 g/mol. The second-order valence-electron chi connectivity index (χ2n) is 8.11. The Morgan fingerprint density at radius 1 is 0.846 bits per heavy atom. The molecule has 3 saturated heterocycles. The quantitative estimate of drug-likeness (QED) is 0.815. The minimum absolute atomic E-state index is 0.792. The minimum Gasteiger partial charge on any atom is -0.379 e. The first-order valence-corrected chi connectivity index (χ1v) is 10.3.